The van der Waals surface area contributed by atoms with Gasteiger partial charge in [0.15, 0.2) is 0 Å². The van der Waals surface area contributed by atoms with Gasteiger partial charge in [-0.1, -0.05) is 43.7 Å². The average molecular weight is 383 g/mol. The minimum absolute atomic E-state index is 0.341. The van der Waals surface area contributed by atoms with Crippen LogP contribution in [0.2, 0.25) is 0 Å². The molecule has 0 saturated carbocycles. The van der Waals surface area contributed by atoms with E-state index in [2.05, 4.69) is 52.8 Å². The molecule has 1 saturated heterocycles. The van der Waals surface area contributed by atoms with Crippen molar-refractivity contribution in [2.45, 2.75) is 38.9 Å². The van der Waals surface area contributed by atoms with Crippen LogP contribution in [0, 0.1) is 0 Å². The third kappa shape index (κ3) is 4.48. The Morgan fingerprint density at radius 3 is 2.61 bits per heavy atom. The fraction of sp³-hybridized carbons (Fsp3) is 0.476. The molecule has 0 aliphatic carbocycles. The van der Waals surface area contributed by atoms with Gasteiger partial charge in [0, 0.05) is 12.0 Å². The van der Waals surface area contributed by atoms with Crippen molar-refractivity contribution in [1.82, 2.24) is 20.2 Å². The molecule has 0 radical (unpaired) electrons. The van der Waals surface area contributed by atoms with Gasteiger partial charge in [0.05, 0.1) is 6.26 Å². The van der Waals surface area contributed by atoms with Crippen molar-refractivity contribution in [3.05, 3.63) is 65.9 Å². The van der Waals surface area contributed by atoms with Crippen LogP contribution in [0.1, 0.15) is 43.0 Å². The van der Waals surface area contributed by atoms with Gasteiger partial charge < -0.3 is 14.2 Å². The summed E-state index contributed by atoms with van der Waals surface area (Å²) >= 11 is 0. The van der Waals surface area contributed by atoms with Crippen LogP contribution in [0.25, 0.3) is 0 Å². The van der Waals surface area contributed by atoms with Crippen LogP contribution in [0.5, 0.6) is 0 Å². The first kappa shape index (κ1) is 18.8. The minimum atomic E-state index is 0.341. The summed E-state index contributed by atoms with van der Waals surface area (Å²) < 4.78 is 7.40. The molecule has 0 bridgehead atoms. The van der Waals surface area contributed by atoms with E-state index in [0.29, 0.717) is 12.6 Å². The fourth-order valence-electron chi connectivity index (χ4n) is 4.26. The highest BCUT2D eigenvalue weighted by Gasteiger charge is 2.33. The number of piperazine rings is 1. The first-order chi connectivity index (χ1) is 13.8. The third-order valence-corrected chi connectivity index (χ3v) is 5.72. The number of benzene rings is 1. The molecule has 7 nitrogen and oxygen atoms in total. The second-order valence-electron chi connectivity index (χ2n) is 7.69. The standard InChI is InChI=1S/C21H28N6O/c1-2-7-20(21-22-23-24-27(21)17-19-10-6-15-28-19)26-13-11-25(12-14-26)16-18-8-4-3-5-9-18/h3-6,8-10,15,20H,2,7,11-14,16-17H2,1H3/p+2/t20-/m0/s1. The fourth-order valence-corrected chi connectivity index (χ4v) is 4.26. The number of nitrogens with one attached hydrogen (secondary N) is 2. The Labute approximate surface area is 165 Å². The number of quaternary nitrogens is 2. The van der Waals surface area contributed by atoms with Crippen molar-refractivity contribution < 1.29 is 14.2 Å². The van der Waals surface area contributed by atoms with Crippen molar-refractivity contribution >= 4 is 0 Å². The van der Waals surface area contributed by atoms with Gasteiger partial charge in [0.25, 0.3) is 0 Å². The van der Waals surface area contributed by atoms with E-state index in [9.17, 15) is 0 Å². The maximum absolute atomic E-state index is 5.49. The number of aromatic nitrogens is 4. The number of nitrogens with zero attached hydrogens (tertiary/aromatic N) is 4. The van der Waals surface area contributed by atoms with E-state index in [1.165, 1.54) is 18.7 Å². The molecule has 1 aliphatic heterocycles. The van der Waals surface area contributed by atoms with E-state index in [4.69, 9.17) is 4.42 Å². The summed E-state index contributed by atoms with van der Waals surface area (Å²) in [5, 5.41) is 12.6. The quantitative estimate of drug-likeness (QED) is 0.582. The van der Waals surface area contributed by atoms with Crippen molar-refractivity contribution in [3.63, 3.8) is 0 Å². The summed E-state index contributed by atoms with van der Waals surface area (Å²) in [4.78, 5) is 3.27. The molecule has 0 unspecified atom stereocenters. The second kappa shape index (κ2) is 9.12. The van der Waals surface area contributed by atoms with E-state index in [1.807, 2.05) is 16.8 Å². The highest BCUT2D eigenvalue weighted by Crippen LogP contribution is 2.14. The van der Waals surface area contributed by atoms with Crippen molar-refractivity contribution in [2.75, 3.05) is 26.2 Å². The van der Waals surface area contributed by atoms with Gasteiger partial charge in [-0.3, -0.25) is 0 Å². The SMILES string of the molecule is CCC[C@@H](c1nnnn1Cc1ccco1)[NH+]1CC[NH+](Cc2ccccc2)CC1. The summed E-state index contributed by atoms with van der Waals surface area (Å²) in [7, 11) is 0. The lowest BCUT2D eigenvalue weighted by molar-refractivity contribution is -1.03. The Balaban J connectivity index is 1.41. The second-order valence-corrected chi connectivity index (χ2v) is 7.69. The summed E-state index contributed by atoms with van der Waals surface area (Å²) in [6, 6.07) is 15.0. The van der Waals surface area contributed by atoms with Crippen LogP contribution in [0.15, 0.2) is 53.1 Å². The van der Waals surface area contributed by atoms with Gasteiger partial charge in [-0.25, -0.2) is 4.68 Å². The summed E-state index contributed by atoms with van der Waals surface area (Å²) in [5.74, 6) is 1.87. The van der Waals surface area contributed by atoms with E-state index in [-0.39, 0.29) is 0 Å². The highest BCUT2D eigenvalue weighted by atomic mass is 16.3. The zero-order chi connectivity index (χ0) is 19.2. The Morgan fingerprint density at radius 2 is 1.89 bits per heavy atom. The molecule has 4 rings (SSSR count). The van der Waals surface area contributed by atoms with Crippen LogP contribution >= 0.6 is 0 Å². The first-order valence-electron chi connectivity index (χ1n) is 10.3. The van der Waals surface area contributed by atoms with Crippen molar-refractivity contribution in [2.24, 2.45) is 0 Å². The highest BCUT2D eigenvalue weighted by molar-refractivity contribution is 5.13. The van der Waals surface area contributed by atoms with E-state index >= 15 is 0 Å². The minimum Gasteiger partial charge on any atom is -0.467 e. The molecule has 1 fully saturated rings. The van der Waals surface area contributed by atoms with Crippen molar-refractivity contribution in [1.29, 1.82) is 0 Å². The molecular weight excluding hydrogens is 352 g/mol. The predicted octanol–water partition coefficient (Wildman–Crippen LogP) is 0.139. The zero-order valence-corrected chi connectivity index (χ0v) is 16.6. The van der Waals surface area contributed by atoms with Crippen LogP contribution in [-0.2, 0) is 13.1 Å². The lowest BCUT2D eigenvalue weighted by Gasteiger charge is -2.34. The van der Waals surface area contributed by atoms with Gasteiger partial charge in [0.1, 0.15) is 51.1 Å². The maximum Gasteiger partial charge on any atom is 0.209 e. The molecule has 2 N–H and O–H groups in total. The molecule has 28 heavy (non-hydrogen) atoms. The molecule has 7 heteroatoms. The largest absolute Gasteiger partial charge is 0.467 e. The Kier molecular flexibility index (Phi) is 6.14. The number of rotatable bonds is 8. The molecule has 0 spiro atoms. The Hall–Kier alpha value is -2.51. The van der Waals surface area contributed by atoms with Crippen LogP contribution in [0.3, 0.4) is 0 Å². The Bertz CT molecular complexity index is 824. The van der Waals surface area contributed by atoms with E-state index in [0.717, 1.165) is 44.1 Å². The number of furan rings is 1. The molecule has 1 aliphatic rings. The Morgan fingerprint density at radius 1 is 1.07 bits per heavy atom. The molecule has 0 amide bonds. The van der Waals surface area contributed by atoms with Crippen molar-refractivity contribution in [3.8, 4) is 0 Å². The zero-order valence-electron chi connectivity index (χ0n) is 16.6. The van der Waals surface area contributed by atoms with Gasteiger partial charge in [-0.05, 0) is 22.6 Å². The van der Waals surface area contributed by atoms with Crippen LogP contribution in [-0.4, -0.2) is 46.4 Å². The lowest BCUT2D eigenvalue weighted by Crippen LogP contribution is -3.27. The normalized spacial score (nSPS) is 20.9. The summed E-state index contributed by atoms with van der Waals surface area (Å²) in [6.07, 6.45) is 3.92. The molecule has 1 aromatic carbocycles. The van der Waals surface area contributed by atoms with Gasteiger partial charge >= 0.3 is 0 Å². The van der Waals surface area contributed by atoms with E-state index in [1.54, 1.807) is 16.1 Å². The molecule has 3 aromatic rings. The topological polar surface area (TPSA) is 65.6 Å². The number of hydrogen-bond acceptors (Lipinski definition) is 4. The number of hydrogen-bond donors (Lipinski definition) is 2. The van der Waals surface area contributed by atoms with E-state index < -0.39 is 0 Å². The lowest BCUT2D eigenvalue weighted by atomic mass is 10.1. The monoisotopic (exact) mass is 382 g/mol. The summed E-state index contributed by atoms with van der Waals surface area (Å²) in [5.41, 5.74) is 1.42. The van der Waals surface area contributed by atoms with Crippen LogP contribution in [0.4, 0.5) is 0 Å². The molecule has 3 heterocycles. The smallest absolute Gasteiger partial charge is 0.209 e. The van der Waals surface area contributed by atoms with Gasteiger partial charge in [0.2, 0.25) is 5.82 Å². The number of tetrazole rings is 1. The molecular formula is C21H30N6O+2. The predicted molar refractivity (Wildman–Crippen MR) is 105 cm³/mol. The average Bonchev–Trinajstić information content (AvgIpc) is 3.40. The molecule has 2 aromatic heterocycles. The third-order valence-electron chi connectivity index (χ3n) is 5.72. The molecule has 148 valence electrons. The van der Waals surface area contributed by atoms with Gasteiger partial charge in [-0.15, -0.1) is 5.10 Å². The van der Waals surface area contributed by atoms with Gasteiger partial charge in [-0.2, -0.15) is 0 Å². The molecule has 1 atom stereocenters. The van der Waals surface area contributed by atoms with Crippen LogP contribution < -0.4 is 9.80 Å². The summed E-state index contributed by atoms with van der Waals surface area (Å²) in [6.45, 7) is 8.62. The maximum atomic E-state index is 5.49. The first-order valence-corrected chi connectivity index (χ1v) is 10.3.